The summed E-state index contributed by atoms with van der Waals surface area (Å²) in [5, 5.41) is 3.27. The van der Waals surface area contributed by atoms with Crippen LogP contribution >= 0.6 is 0 Å². The van der Waals surface area contributed by atoms with Gasteiger partial charge in [0.1, 0.15) is 11.5 Å². The first-order valence-corrected chi connectivity index (χ1v) is 4.76. The van der Waals surface area contributed by atoms with Gasteiger partial charge in [-0.25, -0.2) is 0 Å². The number of aryl methyl sites for hydroxylation is 1. The predicted molar refractivity (Wildman–Crippen MR) is 54.7 cm³/mol. The van der Waals surface area contributed by atoms with Crippen LogP contribution in [0.5, 0.6) is 0 Å². The second-order valence-electron chi connectivity index (χ2n) is 2.93. The quantitative estimate of drug-likeness (QED) is 0.703. The third kappa shape index (κ3) is 2.46. The van der Waals surface area contributed by atoms with Crippen LogP contribution < -0.4 is 5.32 Å². The highest BCUT2D eigenvalue weighted by Crippen LogP contribution is 2.17. The average molecular weight is 179 g/mol. The van der Waals surface area contributed by atoms with Gasteiger partial charge >= 0.3 is 0 Å². The van der Waals surface area contributed by atoms with Crippen molar-refractivity contribution in [1.29, 1.82) is 0 Å². The molecule has 72 valence electrons. The van der Waals surface area contributed by atoms with E-state index in [1.54, 1.807) is 0 Å². The highest BCUT2D eigenvalue weighted by molar-refractivity contribution is 5.14. The number of furan rings is 1. The van der Waals surface area contributed by atoms with E-state index in [9.17, 15) is 0 Å². The van der Waals surface area contributed by atoms with Gasteiger partial charge in [0.25, 0.3) is 0 Å². The maximum atomic E-state index is 5.60. The van der Waals surface area contributed by atoms with Crippen molar-refractivity contribution in [3.05, 3.63) is 36.3 Å². The fourth-order valence-electron chi connectivity index (χ4n) is 1.27. The fourth-order valence-corrected chi connectivity index (χ4v) is 1.27. The van der Waals surface area contributed by atoms with Crippen molar-refractivity contribution in [1.82, 2.24) is 5.32 Å². The summed E-state index contributed by atoms with van der Waals surface area (Å²) in [7, 11) is 0. The minimum absolute atomic E-state index is 0.144. The zero-order chi connectivity index (χ0) is 9.68. The molecule has 1 N–H and O–H groups in total. The van der Waals surface area contributed by atoms with Crippen molar-refractivity contribution in [3.8, 4) is 0 Å². The van der Waals surface area contributed by atoms with Crippen LogP contribution in [0.25, 0.3) is 0 Å². The van der Waals surface area contributed by atoms with E-state index in [0.717, 1.165) is 24.5 Å². The monoisotopic (exact) mass is 179 g/mol. The molecule has 0 radical (unpaired) electrons. The Hall–Kier alpha value is -1.02. The first-order valence-electron chi connectivity index (χ1n) is 4.76. The molecule has 0 bridgehead atoms. The Morgan fingerprint density at radius 1 is 1.54 bits per heavy atom. The Labute approximate surface area is 79.6 Å². The molecule has 0 saturated heterocycles. The molecule has 13 heavy (non-hydrogen) atoms. The molecular weight excluding hydrogens is 162 g/mol. The third-order valence-electron chi connectivity index (χ3n) is 2.00. The lowest BCUT2D eigenvalue weighted by atomic mass is 10.2. The number of nitrogens with one attached hydrogen (secondary N) is 1. The fraction of sp³-hybridized carbons (Fsp3) is 0.455. The summed E-state index contributed by atoms with van der Waals surface area (Å²) in [5.74, 6) is 1.98. The Morgan fingerprint density at radius 2 is 2.31 bits per heavy atom. The molecule has 0 aliphatic rings. The molecule has 1 atom stereocenters. The predicted octanol–water partition coefficient (Wildman–Crippen LogP) is 2.68. The number of likely N-dealkylation sites (N-methyl/N-ethyl adjacent to an activating group) is 1. The lowest BCUT2D eigenvalue weighted by molar-refractivity contribution is 0.431. The molecule has 0 spiro atoms. The molecule has 2 heteroatoms. The summed E-state index contributed by atoms with van der Waals surface area (Å²) in [6.45, 7) is 8.84. The first kappa shape index (κ1) is 10.1. The molecule has 1 unspecified atom stereocenters. The van der Waals surface area contributed by atoms with Gasteiger partial charge in [0.05, 0.1) is 6.04 Å². The smallest absolute Gasteiger partial charge is 0.125 e. The summed E-state index contributed by atoms with van der Waals surface area (Å²) in [6, 6.07) is 4.17. The Bertz CT molecular complexity index is 265. The SMILES string of the molecule is C=CC(NCC)c1ccc(CC)o1. The summed E-state index contributed by atoms with van der Waals surface area (Å²) >= 11 is 0. The summed E-state index contributed by atoms with van der Waals surface area (Å²) < 4.78 is 5.60. The zero-order valence-corrected chi connectivity index (χ0v) is 8.34. The van der Waals surface area contributed by atoms with Crippen molar-refractivity contribution in [3.63, 3.8) is 0 Å². The van der Waals surface area contributed by atoms with Gasteiger partial charge in [-0.05, 0) is 18.7 Å². The van der Waals surface area contributed by atoms with E-state index in [1.165, 1.54) is 0 Å². The van der Waals surface area contributed by atoms with Gasteiger partial charge < -0.3 is 9.73 Å². The maximum Gasteiger partial charge on any atom is 0.125 e. The van der Waals surface area contributed by atoms with Gasteiger partial charge in [0.2, 0.25) is 0 Å². The van der Waals surface area contributed by atoms with Gasteiger partial charge in [-0.15, -0.1) is 6.58 Å². The van der Waals surface area contributed by atoms with Crippen LogP contribution in [0.15, 0.2) is 29.2 Å². The van der Waals surface area contributed by atoms with Gasteiger partial charge in [-0.1, -0.05) is 19.9 Å². The molecule has 0 aliphatic carbocycles. The number of hydrogen-bond acceptors (Lipinski definition) is 2. The molecule has 0 aliphatic heterocycles. The standard InChI is InChI=1S/C11H17NO/c1-4-9-7-8-11(13-9)10(5-2)12-6-3/h5,7-8,10,12H,2,4,6H2,1,3H3. The maximum absolute atomic E-state index is 5.60. The van der Waals surface area contributed by atoms with E-state index >= 15 is 0 Å². The Balaban J connectivity index is 2.72. The van der Waals surface area contributed by atoms with E-state index < -0.39 is 0 Å². The molecule has 1 rings (SSSR count). The minimum atomic E-state index is 0.144. The lowest BCUT2D eigenvalue weighted by Crippen LogP contribution is -2.17. The van der Waals surface area contributed by atoms with Gasteiger partial charge in [0.15, 0.2) is 0 Å². The molecule has 0 aromatic carbocycles. The van der Waals surface area contributed by atoms with Crippen molar-refractivity contribution >= 4 is 0 Å². The largest absolute Gasteiger partial charge is 0.464 e. The summed E-state index contributed by atoms with van der Waals surface area (Å²) in [6.07, 6.45) is 2.80. The summed E-state index contributed by atoms with van der Waals surface area (Å²) in [4.78, 5) is 0. The van der Waals surface area contributed by atoms with E-state index in [4.69, 9.17) is 4.42 Å². The Morgan fingerprint density at radius 3 is 2.77 bits per heavy atom. The van der Waals surface area contributed by atoms with Crippen LogP contribution in [-0.4, -0.2) is 6.54 Å². The molecule has 1 aromatic heterocycles. The lowest BCUT2D eigenvalue weighted by Gasteiger charge is -2.09. The van der Waals surface area contributed by atoms with Crippen LogP contribution in [-0.2, 0) is 6.42 Å². The Kier molecular flexibility index (Phi) is 3.77. The summed E-state index contributed by atoms with van der Waals surface area (Å²) in [5.41, 5.74) is 0. The highest BCUT2D eigenvalue weighted by atomic mass is 16.3. The molecule has 0 amide bonds. The van der Waals surface area contributed by atoms with Crippen molar-refractivity contribution in [2.75, 3.05) is 6.54 Å². The van der Waals surface area contributed by atoms with Gasteiger partial charge in [0, 0.05) is 6.42 Å². The van der Waals surface area contributed by atoms with Crippen LogP contribution in [0.1, 0.15) is 31.4 Å². The van der Waals surface area contributed by atoms with Crippen LogP contribution in [0.2, 0.25) is 0 Å². The second kappa shape index (κ2) is 4.87. The zero-order valence-electron chi connectivity index (χ0n) is 8.34. The first-order chi connectivity index (χ1) is 6.31. The topological polar surface area (TPSA) is 25.2 Å². The molecular formula is C11H17NO. The normalized spacial score (nSPS) is 12.8. The van der Waals surface area contributed by atoms with Crippen LogP contribution in [0, 0.1) is 0 Å². The van der Waals surface area contributed by atoms with Crippen LogP contribution in [0.4, 0.5) is 0 Å². The molecule has 0 saturated carbocycles. The van der Waals surface area contributed by atoms with Crippen LogP contribution in [0.3, 0.4) is 0 Å². The molecule has 2 nitrogen and oxygen atoms in total. The number of hydrogen-bond donors (Lipinski definition) is 1. The minimum Gasteiger partial charge on any atom is -0.464 e. The highest BCUT2D eigenvalue weighted by Gasteiger charge is 2.09. The van der Waals surface area contributed by atoms with Crippen molar-refractivity contribution in [2.24, 2.45) is 0 Å². The van der Waals surface area contributed by atoms with Gasteiger partial charge in [-0.2, -0.15) is 0 Å². The van der Waals surface area contributed by atoms with E-state index in [2.05, 4.69) is 25.7 Å². The molecule has 0 fully saturated rings. The number of rotatable bonds is 5. The van der Waals surface area contributed by atoms with E-state index in [1.807, 2.05) is 18.2 Å². The van der Waals surface area contributed by atoms with E-state index in [-0.39, 0.29) is 6.04 Å². The second-order valence-corrected chi connectivity index (χ2v) is 2.93. The van der Waals surface area contributed by atoms with Gasteiger partial charge in [-0.3, -0.25) is 0 Å². The van der Waals surface area contributed by atoms with E-state index in [0.29, 0.717) is 0 Å². The third-order valence-corrected chi connectivity index (χ3v) is 2.00. The van der Waals surface area contributed by atoms with Crippen molar-refractivity contribution in [2.45, 2.75) is 26.3 Å². The van der Waals surface area contributed by atoms with Crippen molar-refractivity contribution < 1.29 is 4.42 Å². The average Bonchev–Trinajstić information content (AvgIpc) is 2.62. The molecule has 1 heterocycles. The molecule has 1 aromatic rings.